The molecule has 1 saturated heterocycles. The minimum Gasteiger partial charge on any atom is -0.478 e. The zero-order valence-corrected chi connectivity index (χ0v) is 11.1. The van der Waals surface area contributed by atoms with Crippen LogP contribution in [0, 0.1) is 5.41 Å². The standard InChI is InChI=1S/C14H21NO3/c1-3-14(2)5-7-15(8-6-14)10-12-11(13(16)17)4-9-18-12/h4,9H,3,5-8,10H2,1-2H3,(H,16,17). The lowest BCUT2D eigenvalue weighted by molar-refractivity contribution is 0.0687. The summed E-state index contributed by atoms with van der Waals surface area (Å²) in [6.45, 7) is 7.22. The topological polar surface area (TPSA) is 53.7 Å². The molecule has 0 atom stereocenters. The Morgan fingerprint density at radius 1 is 1.50 bits per heavy atom. The van der Waals surface area contributed by atoms with Crippen LogP contribution in [-0.4, -0.2) is 29.1 Å². The van der Waals surface area contributed by atoms with Crippen LogP contribution in [0.2, 0.25) is 0 Å². The van der Waals surface area contributed by atoms with Crippen LogP contribution in [0.1, 0.15) is 49.2 Å². The summed E-state index contributed by atoms with van der Waals surface area (Å²) in [5.41, 5.74) is 0.744. The van der Waals surface area contributed by atoms with Gasteiger partial charge in [-0.3, -0.25) is 4.90 Å². The van der Waals surface area contributed by atoms with Crippen LogP contribution in [0.15, 0.2) is 16.7 Å². The lowest BCUT2D eigenvalue weighted by Gasteiger charge is -2.38. The molecule has 4 heteroatoms. The van der Waals surface area contributed by atoms with Crippen molar-refractivity contribution in [2.75, 3.05) is 13.1 Å². The van der Waals surface area contributed by atoms with E-state index in [4.69, 9.17) is 9.52 Å². The molecule has 0 saturated carbocycles. The van der Waals surface area contributed by atoms with Crippen molar-refractivity contribution in [1.29, 1.82) is 0 Å². The Hall–Kier alpha value is -1.29. The Bertz CT molecular complexity index is 416. The fourth-order valence-electron chi connectivity index (χ4n) is 2.46. The Balaban J connectivity index is 1.96. The van der Waals surface area contributed by atoms with Gasteiger partial charge in [-0.05, 0) is 37.4 Å². The van der Waals surface area contributed by atoms with Crippen molar-refractivity contribution in [2.24, 2.45) is 5.41 Å². The fraction of sp³-hybridized carbons (Fsp3) is 0.643. The first kappa shape index (κ1) is 13.1. The number of hydrogen-bond acceptors (Lipinski definition) is 3. The molecule has 1 aliphatic heterocycles. The van der Waals surface area contributed by atoms with Gasteiger partial charge < -0.3 is 9.52 Å². The van der Waals surface area contributed by atoms with E-state index < -0.39 is 5.97 Å². The van der Waals surface area contributed by atoms with Crippen LogP contribution in [0.4, 0.5) is 0 Å². The summed E-state index contributed by atoms with van der Waals surface area (Å²) in [6, 6.07) is 1.53. The van der Waals surface area contributed by atoms with Gasteiger partial charge >= 0.3 is 5.97 Å². The van der Waals surface area contributed by atoms with Gasteiger partial charge in [-0.1, -0.05) is 20.3 Å². The zero-order valence-electron chi connectivity index (χ0n) is 11.1. The van der Waals surface area contributed by atoms with E-state index in [0.29, 0.717) is 23.3 Å². The largest absolute Gasteiger partial charge is 0.478 e. The predicted molar refractivity (Wildman–Crippen MR) is 68.6 cm³/mol. The molecule has 0 aromatic carbocycles. The number of aromatic carboxylic acids is 1. The van der Waals surface area contributed by atoms with Crippen LogP contribution in [0.3, 0.4) is 0 Å². The summed E-state index contributed by atoms with van der Waals surface area (Å²) < 4.78 is 5.28. The van der Waals surface area contributed by atoms with Crippen molar-refractivity contribution in [2.45, 2.75) is 39.7 Å². The van der Waals surface area contributed by atoms with Crippen molar-refractivity contribution in [3.63, 3.8) is 0 Å². The highest BCUT2D eigenvalue weighted by atomic mass is 16.4. The summed E-state index contributed by atoms with van der Waals surface area (Å²) in [5.74, 6) is -0.336. The number of nitrogens with zero attached hydrogens (tertiary/aromatic N) is 1. The van der Waals surface area contributed by atoms with Crippen molar-refractivity contribution < 1.29 is 14.3 Å². The number of piperidine rings is 1. The zero-order chi connectivity index (χ0) is 13.2. The number of furan rings is 1. The maximum atomic E-state index is 11.0. The summed E-state index contributed by atoms with van der Waals surface area (Å²) >= 11 is 0. The average Bonchev–Trinajstić information content (AvgIpc) is 2.81. The van der Waals surface area contributed by atoms with Crippen molar-refractivity contribution in [3.8, 4) is 0 Å². The van der Waals surface area contributed by atoms with E-state index in [0.717, 1.165) is 13.1 Å². The molecule has 0 aliphatic carbocycles. The van der Waals surface area contributed by atoms with Gasteiger partial charge in [0.2, 0.25) is 0 Å². The molecule has 0 bridgehead atoms. The second-order valence-corrected chi connectivity index (χ2v) is 5.50. The maximum absolute atomic E-state index is 11.0. The van der Waals surface area contributed by atoms with Gasteiger partial charge in [0, 0.05) is 0 Å². The highest BCUT2D eigenvalue weighted by Crippen LogP contribution is 2.34. The molecule has 1 aliphatic rings. The molecule has 1 fully saturated rings. The van der Waals surface area contributed by atoms with E-state index >= 15 is 0 Å². The minimum atomic E-state index is -0.908. The van der Waals surface area contributed by atoms with Gasteiger partial charge in [-0.15, -0.1) is 0 Å². The first-order chi connectivity index (χ1) is 8.54. The van der Waals surface area contributed by atoms with E-state index in [1.54, 1.807) is 0 Å². The van der Waals surface area contributed by atoms with Crippen LogP contribution in [0.5, 0.6) is 0 Å². The molecule has 18 heavy (non-hydrogen) atoms. The van der Waals surface area contributed by atoms with Crippen LogP contribution < -0.4 is 0 Å². The molecule has 0 spiro atoms. The monoisotopic (exact) mass is 251 g/mol. The predicted octanol–water partition coefficient (Wildman–Crippen LogP) is 2.99. The molecule has 0 unspecified atom stereocenters. The van der Waals surface area contributed by atoms with E-state index in [-0.39, 0.29) is 0 Å². The quantitative estimate of drug-likeness (QED) is 0.893. The SMILES string of the molecule is CCC1(C)CCN(Cc2occc2C(=O)O)CC1. The molecule has 2 heterocycles. The number of carboxylic acids is 1. The number of rotatable bonds is 4. The second-order valence-electron chi connectivity index (χ2n) is 5.50. The van der Waals surface area contributed by atoms with Gasteiger partial charge in [0.1, 0.15) is 11.3 Å². The van der Waals surface area contributed by atoms with Gasteiger partial charge in [0.25, 0.3) is 0 Å². The Labute approximate surface area is 108 Å². The maximum Gasteiger partial charge on any atom is 0.339 e. The highest BCUT2D eigenvalue weighted by molar-refractivity contribution is 5.88. The smallest absolute Gasteiger partial charge is 0.339 e. The molecular formula is C14H21NO3. The van der Waals surface area contributed by atoms with Crippen molar-refractivity contribution in [3.05, 3.63) is 23.7 Å². The third-order valence-corrected chi connectivity index (χ3v) is 4.26. The molecule has 1 N–H and O–H groups in total. The lowest BCUT2D eigenvalue weighted by atomic mass is 9.78. The van der Waals surface area contributed by atoms with Gasteiger partial charge in [-0.25, -0.2) is 4.79 Å². The molecule has 2 rings (SSSR count). The van der Waals surface area contributed by atoms with Crippen LogP contribution in [-0.2, 0) is 6.54 Å². The van der Waals surface area contributed by atoms with Gasteiger partial charge in [-0.2, -0.15) is 0 Å². The van der Waals surface area contributed by atoms with E-state index in [2.05, 4.69) is 18.7 Å². The molecule has 0 amide bonds. The lowest BCUT2D eigenvalue weighted by Crippen LogP contribution is -2.38. The summed E-state index contributed by atoms with van der Waals surface area (Å²) in [6.07, 6.45) is 5.01. The Morgan fingerprint density at radius 3 is 2.72 bits per heavy atom. The molecule has 4 nitrogen and oxygen atoms in total. The van der Waals surface area contributed by atoms with Crippen LogP contribution >= 0.6 is 0 Å². The molecular weight excluding hydrogens is 230 g/mol. The molecule has 1 aromatic rings. The van der Waals surface area contributed by atoms with Crippen LogP contribution in [0.25, 0.3) is 0 Å². The third kappa shape index (κ3) is 2.75. The summed E-state index contributed by atoms with van der Waals surface area (Å²) in [7, 11) is 0. The van der Waals surface area contributed by atoms with Crippen molar-refractivity contribution >= 4 is 5.97 Å². The first-order valence-corrected chi connectivity index (χ1v) is 6.56. The number of hydrogen-bond donors (Lipinski definition) is 1. The Kier molecular flexibility index (Phi) is 3.76. The normalized spacial score (nSPS) is 19.9. The molecule has 100 valence electrons. The minimum absolute atomic E-state index is 0.291. The summed E-state index contributed by atoms with van der Waals surface area (Å²) in [4.78, 5) is 13.3. The first-order valence-electron chi connectivity index (χ1n) is 6.56. The van der Waals surface area contributed by atoms with E-state index in [9.17, 15) is 4.79 Å². The average molecular weight is 251 g/mol. The van der Waals surface area contributed by atoms with Gasteiger partial charge in [0.05, 0.1) is 12.8 Å². The van der Waals surface area contributed by atoms with E-state index in [1.807, 2.05) is 0 Å². The van der Waals surface area contributed by atoms with Crippen molar-refractivity contribution in [1.82, 2.24) is 4.90 Å². The number of carbonyl (C=O) groups is 1. The van der Waals surface area contributed by atoms with Gasteiger partial charge in [0.15, 0.2) is 0 Å². The Morgan fingerprint density at radius 2 is 2.17 bits per heavy atom. The molecule has 0 radical (unpaired) electrons. The number of carboxylic acid groups (broad SMARTS) is 1. The second kappa shape index (κ2) is 5.14. The molecule has 1 aromatic heterocycles. The highest BCUT2D eigenvalue weighted by Gasteiger charge is 2.29. The summed E-state index contributed by atoms with van der Waals surface area (Å²) in [5, 5.41) is 9.03. The third-order valence-electron chi connectivity index (χ3n) is 4.26. The number of likely N-dealkylation sites (tertiary alicyclic amines) is 1. The van der Waals surface area contributed by atoms with E-state index in [1.165, 1.54) is 31.6 Å². The fourth-order valence-corrected chi connectivity index (χ4v) is 2.46.